The van der Waals surface area contributed by atoms with E-state index in [9.17, 15) is 0 Å². The fraction of sp³-hybridized carbons (Fsp3) is 0.875. The number of aromatic nitrogens is 2. The van der Waals surface area contributed by atoms with E-state index in [0.29, 0.717) is 12.0 Å². The van der Waals surface area contributed by atoms with Gasteiger partial charge in [-0.1, -0.05) is 46.7 Å². The Morgan fingerprint density at radius 2 is 2.00 bits per heavy atom. The first-order chi connectivity index (χ1) is 9.80. The molecule has 21 heavy (non-hydrogen) atoms. The van der Waals surface area contributed by atoms with Crippen molar-refractivity contribution >= 4 is 11.8 Å². The van der Waals surface area contributed by atoms with E-state index in [1.807, 2.05) is 11.8 Å². The summed E-state index contributed by atoms with van der Waals surface area (Å²) in [5, 5.41) is 7.68. The molecule has 0 saturated carbocycles. The molecule has 0 aromatic carbocycles. The van der Waals surface area contributed by atoms with Crippen LogP contribution in [-0.4, -0.2) is 27.5 Å². The molecule has 1 heterocycles. The average Bonchev–Trinajstić information content (AvgIpc) is 2.80. The van der Waals surface area contributed by atoms with Gasteiger partial charge in [-0.25, -0.2) is 0 Å². The minimum Gasteiger partial charge on any atom is -0.339 e. The minimum absolute atomic E-state index is 0.226. The maximum absolute atomic E-state index is 5.41. The standard InChI is InChI=1S/C16H31N3OS/c1-7-8-17-13(9-12(2)3)10-15-18-14(19-20-15)11-21-16(4,5)6/h12-13,17H,7-11H2,1-6H3. The van der Waals surface area contributed by atoms with Crippen LogP contribution in [0.5, 0.6) is 0 Å². The molecule has 0 amide bonds. The minimum atomic E-state index is 0.226. The first-order valence-electron chi connectivity index (χ1n) is 7.99. The average molecular weight is 314 g/mol. The summed E-state index contributed by atoms with van der Waals surface area (Å²) in [6.07, 6.45) is 3.10. The Kier molecular flexibility index (Phi) is 7.74. The second kappa shape index (κ2) is 8.79. The Labute approximate surface area is 133 Å². The molecule has 1 aromatic heterocycles. The summed E-state index contributed by atoms with van der Waals surface area (Å²) in [7, 11) is 0. The molecule has 0 bridgehead atoms. The number of rotatable bonds is 9. The van der Waals surface area contributed by atoms with E-state index in [2.05, 4.69) is 57.0 Å². The van der Waals surface area contributed by atoms with Crippen LogP contribution in [-0.2, 0) is 12.2 Å². The van der Waals surface area contributed by atoms with Gasteiger partial charge in [0.05, 0.1) is 5.75 Å². The lowest BCUT2D eigenvalue weighted by Gasteiger charge is -2.18. The van der Waals surface area contributed by atoms with Gasteiger partial charge in [-0.05, 0) is 25.3 Å². The third-order valence-corrected chi connectivity index (χ3v) is 4.27. The molecule has 0 aliphatic rings. The van der Waals surface area contributed by atoms with Crippen LogP contribution in [0.3, 0.4) is 0 Å². The van der Waals surface area contributed by atoms with E-state index in [1.165, 1.54) is 0 Å². The molecule has 1 N–H and O–H groups in total. The lowest BCUT2D eigenvalue weighted by molar-refractivity contribution is 0.336. The van der Waals surface area contributed by atoms with Gasteiger partial charge >= 0.3 is 0 Å². The molecule has 0 aliphatic heterocycles. The Balaban J connectivity index is 2.53. The topological polar surface area (TPSA) is 51.0 Å². The molecule has 122 valence electrons. The summed E-state index contributed by atoms with van der Waals surface area (Å²) in [4.78, 5) is 4.53. The van der Waals surface area contributed by atoms with Crippen LogP contribution in [0.25, 0.3) is 0 Å². The van der Waals surface area contributed by atoms with Crippen molar-refractivity contribution in [3.05, 3.63) is 11.7 Å². The Morgan fingerprint density at radius 1 is 1.29 bits per heavy atom. The molecule has 1 rings (SSSR count). The molecule has 5 heteroatoms. The number of nitrogens with zero attached hydrogens (tertiary/aromatic N) is 2. The van der Waals surface area contributed by atoms with E-state index in [0.717, 1.165) is 43.3 Å². The van der Waals surface area contributed by atoms with Crippen molar-refractivity contribution in [1.82, 2.24) is 15.5 Å². The molecular formula is C16H31N3OS. The van der Waals surface area contributed by atoms with Crippen molar-refractivity contribution in [2.45, 2.75) is 77.3 Å². The molecule has 0 fully saturated rings. The molecule has 0 saturated heterocycles. The van der Waals surface area contributed by atoms with Crippen molar-refractivity contribution in [3.8, 4) is 0 Å². The SMILES string of the molecule is CCCNC(Cc1nc(CSC(C)(C)C)no1)CC(C)C. The molecule has 4 nitrogen and oxygen atoms in total. The third kappa shape index (κ3) is 8.47. The second-order valence-electron chi connectivity index (χ2n) is 6.99. The largest absolute Gasteiger partial charge is 0.339 e. The van der Waals surface area contributed by atoms with Crippen LogP contribution in [0.2, 0.25) is 0 Å². The normalized spacial score (nSPS) is 13.9. The van der Waals surface area contributed by atoms with Crippen LogP contribution < -0.4 is 5.32 Å². The highest BCUT2D eigenvalue weighted by molar-refractivity contribution is 7.99. The predicted molar refractivity (Wildman–Crippen MR) is 90.6 cm³/mol. The van der Waals surface area contributed by atoms with Gasteiger partial charge in [-0.15, -0.1) is 11.8 Å². The molecule has 0 radical (unpaired) electrons. The van der Waals surface area contributed by atoms with Crippen molar-refractivity contribution < 1.29 is 4.52 Å². The molecule has 1 unspecified atom stereocenters. The van der Waals surface area contributed by atoms with Gasteiger partial charge in [0.15, 0.2) is 5.82 Å². The summed E-state index contributed by atoms with van der Waals surface area (Å²) in [5.74, 6) is 3.04. The van der Waals surface area contributed by atoms with Crippen molar-refractivity contribution in [2.75, 3.05) is 6.54 Å². The highest BCUT2D eigenvalue weighted by Crippen LogP contribution is 2.26. The zero-order chi connectivity index (χ0) is 15.9. The summed E-state index contributed by atoms with van der Waals surface area (Å²) >= 11 is 1.84. The Bertz CT molecular complexity index is 398. The molecule has 1 atom stereocenters. The first-order valence-corrected chi connectivity index (χ1v) is 8.97. The van der Waals surface area contributed by atoms with Crippen LogP contribution >= 0.6 is 11.8 Å². The molecule has 0 spiro atoms. The predicted octanol–water partition coefficient (Wildman–Crippen LogP) is 4.06. The fourth-order valence-electron chi connectivity index (χ4n) is 2.08. The maximum atomic E-state index is 5.41. The number of thioether (sulfide) groups is 1. The molecule has 0 aliphatic carbocycles. The number of nitrogens with one attached hydrogen (secondary N) is 1. The van der Waals surface area contributed by atoms with Crippen LogP contribution in [0.1, 0.15) is 66.1 Å². The number of hydrogen-bond acceptors (Lipinski definition) is 5. The summed E-state index contributed by atoms with van der Waals surface area (Å²) < 4.78 is 5.63. The van der Waals surface area contributed by atoms with E-state index in [-0.39, 0.29) is 4.75 Å². The summed E-state index contributed by atoms with van der Waals surface area (Å²) in [6, 6.07) is 0.425. The Morgan fingerprint density at radius 3 is 2.57 bits per heavy atom. The van der Waals surface area contributed by atoms with Crippen molar-refractivity contribution in [2.24, 2.45) is 5.92 Å². The van der Waals surface area contributed by atoms with E-state index in [4.69, 9.17) is 4.52 Å². The van der Waals surface area contributed by atoms with Crippen molar-refractivity contribution in [1.29, 1.82) is 0 Å². The summed E-state index contributed by atoms with van der Waals surface area (Å²) in [6.45, 7) is 14.3. The lowest BCUT2D eigenvalue weighted by Crippen LogP contribution is -2.33. The van der Waals surface area contributed by atoms with Gasteiger partial charge in [0.2, 0.25) is 5.89 Å². The lowest BCUT2D eigenvalue weighted by atomic mass is 10.0. The van der Waals surface area contributed by atoms with E-state index in [1.54, 1.807) is 0 Å². The van der Waals surface area contributed by atoms with Gasteiger partial charge < -0.3 is 9.84 Å². The highest BCUT2D eigenvalue weighted by atomic mass is 32.2. The smallest absolute Gasteiger partial charge is 0.228 e. The van der Waals surface area contributed by atoms with Gasteiger partial charge in [0.1, 0.15) is 0 Å². The van der Waals surface area contributed by atoms with Crippen molar-refractivity contribution in [3.63, 3.8) is 0 Å². The van der Waals surface area contributed by atoms with E-state index >= 15 is 0 Å². The highest BCUT2D eigenvalue weighted by Gasteiger charge is 2.17. The molecular weight excluding hydrogens is 282 g/mol. The quantitative estimate of drug-likeness (QED) is 0.745. The zero-order valence-electron chi connectivity index (χ0n) is 14.4. The third-order valence-electron chi connectivity index (χ3n) is 3.00. The first kappa shape index (κ1) is 18.5. The van der Waals surface area contributed by atoms with Crippen LogP contribution in [0.15, 0.2) is 4.52 Å². The van der Waals surface area contributed by atoms with Gasteiger partial charge in [-0.3, -0.25) is 0 Å². The van der Waals surface area contributed by atoms with Crippen LogP contribution in [0.4, 0.5) is 0 Å². The van der Waals surface area contributed by atoms with Gasteiger partial charge in [0.25, 0.3) is 0 Å². The number of hydrogen-bond donors (Lipinski definition) is 1. The second-order valence-corrected chi connectivity index (χ2v) is 8.79. The summed E-state index contributed by atoms with van der Waals surface area (Å²) in [5.41, 5.74) is 0. The van der Waals surface area contributed by atoms with E-state index < -0.39 is 0 Å². The maximum Gasteiger partial charge on any atom is 0.228 e. The van der Waals surface area contributed by atoms with Crippen LogP contribution in [0, 0.1) is 5.92 Å². The van der Waals surface area contributed by atoms with Gasteiger partial charge in [0, 0.05) is 17.2 Å². The van der Waals surface area contributed by atoms with Gasteiger partial charge in [-0.2, -0.15) is 4.98 Å². The monoisotopic (exact) mass is 313 g/mol. The molecule has 1 aromatic rings. The fourth-order valence-corrected chi connectivity index (χ4v) is 2.76. The zero-order valence-corrected chi connectivity index (χ0v) is 15.2. The Hall–Kier alpha value is -0.550.